The molecule has 1 aromatic rings. The second-order valence-electron chi connectivity index (χ2n) is 5.25. The molecule has 0 spiro atoms. The van der Waals surface area contributed by atoms with Crippen molar-refractivity contribution < 1.29 is 0 Å². The van der Waals surface area contributed by atoms with Crippen LogP contribution in [0.2, 0.25) is 5.02 Å². The zero-order valence-electron chi connectivity index (χ0n) is 11.3. The monoisotopic (exact) mass is 254 g/mol. The van der Waals surface area contributed by atoms with E-state index in [0.717, 1.165) is 24.5 Å². The molecule has 0 aliphatic carbocycles. The average Bonchev–Trinajstić information content (AvgIpc) is 2.28. The first-order chi connectivity index (χ1) is 7.93. The maximum Gasteiger partial charge on any atom is 0.0406 e. The van der Waals surface area contributed by atoms with Crippen molar-refractivity contribution in [2.75, 3.05) is 27.2 Å². The van der Waals surface area contributed by atoms with Crippen LogP contribution >= 0.6 is 11.6 Å². The first-order valence-electron chi connectivity index (χ1n) is 6.05. The van der Waals surface area contributed by atoms with Crippen molar-refractivity contribution in [3.05, 3.63) is 34.9 Å². The van der Waals surface area contributed by atoms with Crippen LogP contribution in [-0.2, 0) is 6.42 Å². The molecule has 0 unspecified atom stereocenters. The predicted octanol–water partition coefficient (Wildman–Crippen LogP) is 2.81. The summed E-state index contributed by atoms with van der Waals surface area (Å²) in [7, 11) is 4.17. The van der Waals surface area contributed by atoms with Gasteiger partial charge in [-0.2, -0.15) is 0 Å². The van der Waals surface area contributed by atoms with Gasteiger partial charge in [0.2, 0.25) is 0 Å². The van der Waals surface area contributed by atoms with E-state index in [-0.39, 0.29) is 5.54 Å². The van der Waals surface area contributed by atoms with Crippen LogP contribution in [0.5, 0.6) is 0 Å². The third-order valence-electron chi connectivity index (χ3n) is 3.04. The highest BCUT2D eigenvalue weighted by Gasteiger charge is 2.16. The minimum absolute atomic E-state index is 0.161. The first-order valence-corrected chi connectivity index (χ1v) is 6.43. The molecular formula is C14H23ClN2. The van der Waals surface area contributed by atoms with E-state index in [1.54, 1.807) is 0 Å². The van der Waals surface area contributed by atoms with Crippen LogP contribution < -0.4 is 5.32 Å². The molecule has 0 atom stereocenters. The summed E-state index contributed by atoms with van der Waals surface area (Å²) in [5.41, 5.74) is 1.50. The van der Waals surface area contributed by atoms with E-state index in [1.807, 2.05) is 19.2 Å². The van der Waals surface area contributed by atoms with Crippen LogP contribution in [0.25, 0.3) is 0 Å². The molecule has 2 nitrogen and oxygen atoms in total. The maximum absolute atomic E-state index is 5.86. The fraction of sp³-hybridized carbons (Fsp3) is 0.571. The summed E-state index contributed by atoms with van der Waals surface area (Å²) in [4.78, 5) is 2.35. The number of hydrogen-bond acceptors (Lipinski definition) is 2. The van der Waals surface area contributed by atoms with Crippen molar-refractivity contribution in [1.29, 1.82) is 0 Å². The molecule has 0 heterocycles. The lowest BCUT2D eigenvalue weighted by Gasteiger charge is -2.30. The first kappa shape index (κ1) is 14.5. The molecule has 1 N–H and O–H groups in total. The Kier molecular flexibility index (Phi) is 5.44. The van der Waals surface area contributed by atoms with E-state index < -0.39 is 0 Å². The van der Waals surface area contributed by atoms with Gasteiger partial charge < -0.3 is 10.2 Å². The zero-order valence-corrected chi connectivity index (χ0v) is 12.0. The van der Waals surface area contributed by atoms with Crippen molar-refractivity contribution in [2.24, 2.45) is 0 Å². The van der Waals surface area contributed by atoms with Gasteiger partial charge >= 0.3 is 0 Å². The summed E-state index contributed by atoms with van der Waals surface area (Å²) in [6.07, 6.45) is 1.06. The molecule has 0 aliphatic heterocycles. The number of halogens is 1. The number of nitrogens with zero attached hydrogens (tertiary/aromatic N) is 1. The highest BCUT2D eigenvalue weighted by atomic mass is 35.5. The second kappa shape index (κ2) is 6.39. The van der Waals surface area contributed by atoms with Crippen LogP contribution in [0.15, 0.2) is 24.3 Å². The Morgan fingerprint density at radius 2 is 1.82 bits per heavy atom. The summed E-state index contributed by atoms with van der Waals surface area (Å²) in [6.45, 7) is 6.53. The number of likely N-dealkylation sites (N-methyl/N-ethyl adjacent to an activating group) is 2. The molecule has 0 amide bonds. The normalized spacial score (nSPS) is 12.1. The van der Waals surface area contributed by atoms with E-state index >= 15 is 0 Å². The molecule has 0 aliphatic rings. The maximum atomic E-state index is 5.86. The Balaban J connectivity index is 2.38. The van der Waals surface area contributed by atoms with Gasteiger partial charge in [0, 0.05) is 23.7 Å². The molecule has 0 radical (unpaired) electrons. The van der Waals surface area contributed by atoms with E-state index in [9.17, 15) is 0 Å². The van der Waals surface area contributed by atoms with Crippen molar-refractivity contribution in [3.8, 4) is 0 Å². The van der Waals surface area contributed by atoms with Crippen LogP contribution in [0.3, 0.4) is 0 Å². The fourth-order valence-electron chi connectivity index (χ4n) is 1.80. The minimum Gasteiger partial charge on any atom is -0.314 e. The molecule has 0 fully saturated rings. The third-order valence-corrected chi connectivity index (χ3v) is 3.29. The third kappa shape index (κ3) is 5.53. The van der Waals surface area contributed by atoms with E-state index in [2.05, 4.69) is 43.2 Å². The molecule has 1 aromatic carbocycles. The van der Waals surface area contributed by atoms with Gasteiger partial charge in [0.1, 0.15) is 0 Å². The van der Waals surface area contributed by atoms with Gasteiger partial charge in [-0.15, -0.1) is 0 Å². The summed E-state index contributed by atoms with van der Waals surface area (Å²) in [5.74, 6) is 0. The van der Waals surface area contributed by atoms with Crippen molar-refractivity contribution in [2.45, 2.75) is 25.8 Å². The molecule has 0 saturated heterocycles. The lowest BCUT2D eigenvalue weighted by atomic mass is 10.1. The van der Waals surface area contributed by atoms with Crippen LogP contribution in [0, 0.1) is 0 Å². The van der Waals surface area contributed by atoms with Gasteiger partial charge in [0.25, 0.3) is 0 Å². The van der Waals surface area contributed by atoms with Gasteiger partial charge in [-0.05, 0) is 52.1 Å². The number of benzene rings is 1. The average molecular weight is 255 g/mol. The predicted molar refractivity (Wildman–Crippen MR) is 75.8 cm³/mol. The minimum atomic E-state index is 0.161. The molecule has 17 heavy (non-hydrogen) atoms. The SMILES string of the molecule is CNC(C)(C)CN(C)CCc1ccc(Cl)cc1. The zero-order chi connectivity index (χ0) is 12.9. The van der Waals surface area contributed by atoms with Gasteiger partial charge in [0.05, 0.1) is 0 Å². The Bertz CT molecular complexity index is 333. The molecule has 3 heteroatoms. The number of nitrogens with one attached hydrogen (secondary N) is 1. The van der Waals surface area contributed by atoms with Crippen molar-refractivity contribution >= 4 is 11.6 Å². The quantitative estimate of drug-likeness (QED) is 0.840. The smallest absolute Gasteiger partial charge is 0.0406 e. The largest absolute Gasteiger partial charge is 0.314 e. The van der Waals surface area contributed by atoms with Crippen molar-refractivity contribution in [3.63, 3.8) is 0 Å². The summed E-state index contributed by atoms with van der Waals surface area (Å²) >= 11 is 5.86. The van der Waals surface area contributed by atoms with E-state index in [4.69, 9.17) is 11.6 Å². The fourth-order valence-corrected chi connectivity index (χ4v) is 1.93. The van der Waals surface area contributed by atoms with E-state index in [0.29, 0.717) is 0 Å². The Hall–Kier alpha value is -0.570. The van der Waals surface area contributed by atoms with Gasteiger partial charge in [0.15, 0.2) is 0 Å². The summed E-state index contributed by atoms with van der Waals surface area (Å²) in [5, 5.41) is 4.12. The van der Waals surface area contributed by atoms with Crippen LogP contribution in [-0.4, -0.2) is 37.6 Å². The lowest BCUT2D eigenvalue weighted by molar-refractivity contribution is 0.246. The lowest BCUT2D eigenvalue weighted by Crippen LogP contribution is -2.46. The summed E-state index contributed by atoms with van der Waals surface area (Å²) < 4.78 is 0. The van der Waals surface area contributed by atoms with E-state index in [1.165, 1.54) is 5.56 Å². The molecule has 0 saturated carbocycles. The van der Waals surface area contributed by atoms with Crippen LogP contribution in [0.4, 0.5) is 0 Å². The highest BCUT2D eigenvalue weighted by molar-refractivity contribution is 6.30. The standard InChI is InChI=1S/C14H23ClN2/c1-14(2,16-3)11-17(4)10-9-12-5-7-13(15)8-6-12/h5-8,16H,9-11H2,1-4H3. The Morgan fingerprint density at radius 3 is 2.35 bits per heavy atom. The number of hydrogen-bond donors (Lipinski definition) is 1. The highest BCUT2D eigenvalue weighted by Crippen LogP contribution is 2.10. The van der Waals surface area contributed by atoms with Gasteiger partial charge in [-0.1, -0.05) is 23.7 Å². The molecular weight excluding hydrogens is 232 g/mol. The van der Waals surface area contributed by atoms with Gasteiger partial charge in [-0.25, -0.2) is 0 Å². The molecule has 96 valence electrons. The molecule has 1 rings (SSSR count). The molecule has 0 bridgehead atoms. The molecule has 0 aromatic heterocycles. The Morgan fingerprint density at radius 1 is 1.24 bits per heavy atom. The second-order valence-corrected chi connectivity index (χ2v) is 5.68. The van der Waals surface area contributed by atoms with Crippen LogP contribution in [0.1, 0.15) is 19.4 Å². The topological polar surface area (TPSA) is 15.3 Å². The summed E-state index contributed by atoms with van der Waals surface area (Å²) in [6, 6.07) is 8.10. The number of rotatable bonds is 6. The van der Waals surface area contributed by atoms with Crippen molar-refractivity contribution in [1.82, 2.24) is 10.2 Å². The Labute approximate surface area is 110 Å². The van der Waals surface area contributed by atoms with Gasteiger partial charge in [-0.3, -0.25) is 0 Å².